The second-order valence-electron chi connectivity index (χ2n) is 6.84. The first-order valence-corrected chi connectivity index (χ1v) is 11.7. The van der Waals surface area contributed by atoms with Gasteiger partial charge in [0.1, 0.15) is 6.26 Å². The molecule has 0 bridgehead atoms. The highest BCUT2D eigenvalue weighted by atomic mass is 32.2. The zero-order valence-corrected chi connectivity index (χ0v) is 18.4. The Kier molecular flexibility index (Phi) is 7.80. The van der Waals surface area contributed by atoms with Gasteiger partial charge in [0.2, 0.25) is 15.9 Å². The van der Waals surface area contributed by atoms with Gasteiger partial charge in [-0.3, -0.25) is 0 Å². The summed E-state index contributed by atoms with van der Waals surface area (Å²) in [4.78, 5) is 9.10. The number of guanidine groups is 1. The van der Waals surface area contributed by atoms with Gasteiger partial charge in [0.25, 0.3) is 0 Å². The van der Waals surface area contributed by atoms with E-state index in [4.69, 9.17) is 4.42 Å². The van der Waals surface area contributed by atoms with E-state index in [1.54, 1.807) is 12.3 Å². The molecule has 31 heavy (non-hydrogen) atoms. The highest BCUT2D eigenvalue weighted by Gasteiger charge is 2.09. The Labute approximate surface area is 182 Å². The lowest BCUT2D eigenvalue weighted by Gasteiger charge is -2.10. The van der Waals surface area contributed by atoms with Gasteiger partial charge in [-0.2, -0.15) is 0 Å². The van der Waals surface area contributed by atoms with Crippen molar-refractivity contribution in [3.63, 3.8) is 0 Å². The van der Waals surface area contributed by atoms with Crippen LogP contribution in [0.3, 0.4) is 0 Å². The van der Waals surface area contributed by atoms with Gasteiger partial charge in [-0.15, -0.1) is 0 Å². The van der Waals surface area contributed by atoms with Crippen LogP contribution < -0.4 is 15.4 Å². The van der Waals surface area contributed by atoms with E-state index >= 15 is 0 Å². The van der Waals surface area contributed by atoms with E-state index in [1.165, 1.54) is 7.05 Å². The van der Waals surface area contributed by atoms with Crippen LogP contribution in [0.4, 0.5) is 0 Å². The van der Waals surface area contributed by atoms with Crippen molar-refractivity contribution in [2.24, 2.45) is 4.99 Å². The molecule has 9 heteroatoms. The summed E-state index contributed by atoms with van der Waals surface area (Å²) in [6.45, 7) is 3.57. The summed E-state index contributed by atoms with van der Waals surface area (Å²) in [6, 6.07) is 17.1. The predicted octanol–water partition coefficient (Wildman–Crippen LogP) is 2.65. The van der Waals surface area contributed by atoms with Crippen LogP contribution in [-0.2, 0) is 28.9 Å². The molecule has 0 aliphatic carbocycles. The average Bonchev–Trinajstić information content (AvgIpc) is 3.25. The molecule has 3 aromatic rings. The van der Waals surface area contributed by atoms with Gasteiger partial charge in [-0.05, 0) is 37.2 Å². The molecule has 0 fully saturated rings. The lowest BCUT2D eigenvalue weighted by molar-refractivity contribution is 0.572. The second kappa shape index (κ2) is 10.7. The van der Waals surface area contributed by atoms with Gasteiger partial charge in [-0.1, -0.05) is 42.5 Å². The second-order valence-corrected chi connectivity index (χ2v) is 8.77. The average molecular weight is 442 g/mol. The summed E-state index contributed by atoms with van der Waals surface area (Å²) in [5, 5.41) is 6.44. The molecule has 0 unspecified atom stereocenters. The van der Waals surface area contributed by atoms with E-state index in [9.17, 15) is 8.42 Å². The molecule has 0 saturated heterocycles. The van der Waals surface area contributed by atoms with E-state index in [2.05, 4.69) is 25.3 Å². The molecule has 0 saturated carbocycles. The first-order chi connectivity index (χ1) is 15.0. The first kappa shape index (κ1) is 22.5. The van der Waals surface area contributed by atoms with E-state index in [0.29, 0.717) is 31.5 Å². The van der Waals surface area contributed by atoms with Crippen molar-refractivity contribution in [2.75, 3.05) is 13.6 Å². The van der Waals surface area contributed by atoms with Crippen LogP contribution in [0.25, 0.3) is 11.5 Å². The molecule has 0 atom stereocenters. The predicted molar refractivity (Wildman–Crippen MR) is 122 cm³/mol. The van der Waals surface area contributed by atoms with Gasteiger partial charge >= 0.3 is 0 Å². The third kappa shape index (κ3) is 6.94. The van der Waals surface area contributed by atoms with E-state index in [1.807, 2.05) is 55.5 Å². The maximum absolute atomic E-state index is 11.8. The maximum atomic E-state index is 11.8. The van der Waals surface area contributed by atoms with Crippen molar-refractivity contribution >= 4 is 16.0 Å². The molecule has 164 valence electrons. The summed E-state index contributed by atoms with van der Waals surface area (Å²) in [7, 11) is -1.90. The van der Waals surface area contributed by atoms with Crippen LogP contribution >= 0.6 is 0 Å². The zero-order chi connectivity index (χ0) is 22.1. The highest BCUT2D eigenvalue weighted by Crippen LogP contribution is 2.17. The summed E-state index contributed by atoms with van der Waals surface area (Å²) < 4.78 is 31.4. The maximum Gasteiger partial charge on any atom is 0.226 e. The van der Waals surface area contributed by atoms with Crippen molar-refractivity contribution in [3.05, 3.63) is 77.7 Å². The Morgan fingerprint density at radius 1 is 1.06 bits per heavy atom. The Morgan fingerprint density at radius 3 is 2.58 bits per heavy atom. The minimum atomic E-state index is -3.31. The minimum absolute atomic E-state index is 0.0602. The molecule has 2 aromatic carbocycles. The zero-order valence-electron chi connectivity index (χ0n) is 17.6. The summed E-state index contributed by atoms with van der Waals surface area (Å²) in [5.74, 6) is 1.16. The monoisotopic (exact) mass is 441 g/mol. The molecule has 0 aliphatic rings. The number of aliphatic imine (C=N–C) groups is 1. The van der Waals surface area contributed by atoms with E-state index in [0.717, 1.165) is 22.4 Å². The molecule has 0 aliphatic heterocycles. The minimum Gasteiger partial charge on any atom is -0.444 e. The fourth-order valence-electron chi connectivity index (χ4n) is 2.90. The molecule has 3 rings (SSSR count). The molecule has 8 nitrogen and oxygen atoms in total. The third-order valence-electron chi connectivity index (χ3n) is 4.43. The smallest absolute Gasteiger partial charge is 0.226 e. The molecule has 0 amide bonds. The number of rotatable bonds is 9. The van der Waals surface area contributed by atoms with E-state index < -0.39 is 10.0 Å². The Bertz CT molecular complexity index is 1110. The van der Waals surface area contributed by atoms with Crippen LogP contribution in [-0.4, -0.2) is 33.0 Å². The molecule has 1 aromatic heterocycles. The summed E-state index contributed by atoms with van der Waals surface area (Å²) >= 11 is 0. The number of nitrogens with one attached hydrogen (secondary N) is 3. The van der Waals surface area contributed by atoms with Crippen LogP contribution in [0.2, 0.25) is 0 Å². The van der Waals surface area contributed by atoms with Crippen molar-refractivity contribution in [3.8, 4) is 11.5 Å². The number of sulfonamides is 1. The number of nitrogens with zero attached hydrogens (tertiary/aromatic N) is 2. The summed E-state index contributed by atoms with van der Waals surface area (Å²) in [6.07, 6.45) is 1.63. The number of hydrogen-bond acceptors (Lipinski definition) is 5. The fourth-order valence-corrected chi connectivity index (χ4v) is 3.66. The molecular formula is C22H27N5O3S. The van der Waals surface area contributed by atoms with Gasteiger partial charge < -0.3 is 15.1 Å². The Morgan fingerprint density at radius 2 is 1.84 bits per heavy atom. The molecule has 3 N–H and O–H groups in total. The quantitative estimate of drug-likeness (QED) is 0.348. The number of aromatic nitrogens is 1. The van der Waals surface area contributed by atoms with Crippen LogP contribution in [0.15, 0.2) is 70.3 Å². The highest BCUT2D eigenvalue weighted by molar-refractivity contribution is 7.88. The van der Waals surface area contributed by atoms with Gasteiger partial charge in [0.15, 0.2) is 5.96 Å². The Hall–Kier alpha value is -3.17. The SMILES string of the molecule is CCNC(=NCc1cccc(CS(=O)(=O)NC)c1)NCc1coc(-c2ccccc2)n1. The van der Waals surface area contributed by atoms with Gasteiger partial charge in [-0.25, -0.2) is 23.1 Å². The van der Waals surface area contributed by atoms with E-state index in [-0.39, 0.29) is 5.75 Å². The normalized spacial score (nSPS) is 12.0. The number of benzene rings is 2. The topological polar surface area (TPSA) is 109 Å². The molecule has 1 heterocycles. The van der Waals surface area contributed by atoms with Crippen LogP contribution in [0.5, 0.6) is 0 Å². The van der Waals surface area contributed by atoms with Crippen molar-refractivity contribution in [1.82, 2.24) is 20.3 Å². The van der Waals surface area contributed by atoms with Crippen LogP contribution in [0.1, 0.15) is 23.7 Å². The van der Waals surface area contributed by atoms with Crippen molar-refractivity contribution in [1.29, 1.82) is 0 Å². The molecule has 0 spiro atoms. The lowest BCUT2D eigenvalue weighted by atomic mass is 10.1. The first-order valence-electron chi connectivity index (χ1n) is 10.00. The van der Waals surface area contributed by atoms with Crippen molar-refractivity contribution in [2.45, 2.75) is 25.8 Å². The summed E-state index contributed by atoms with van der Waals surface area (Å²) in [5.41, 5.74) is 3.34. The van der Waals surface area contributed by atoms with Gasteiger partial charge in [0, 0.05) is 12.1 Å². The molecular weight excluding hydrogens is 414 g/mol. The Balaban J connectivity index is 1.63. The van der Waals surface area contributed by atoms with Crippen LogP contribution in [0, 0.1) is 0 Å². The lowest BCUT2D eigenvalue weighted by Crippen LogP contribution is -2.36. The molecule has 0 radical (unpaired) electrons. The van der Waals surface area contributed by atoms with Gasteiger partial charge in [0.05, 0.1) is 24.5 Å². The third-order valence-corrected chi connectivity index (χ3v) is 5.77. The fraction of sp³-hybridized carbons (Fsp3) is 0.273. The standard InChI is InChI=1S/C22H27N5O3S/c1-3-24-22(25-13-17-8-7-9-18(12-17)16-31(28,29)23-2)26-14-20-15-30-21(27-20)19-10-5-4-6-11-19/h4-12,15,23H,3,13-14,16H2,1-2H3,(H2,24,25,26). The number of oxazole rings is 1. The van der Waals surface area contributed by atoms with Crippen molar-refractivity contribution < 1.29 is 12.8 Å². The largest absolute Gasteiger partial charge is 0.444 e. The number of hydrogen-bond donors (Lipinski definition) is 3.